The molecule has 10 rings (SSSR count). The Hall–Kier alpha value is -6.41. The number of nitrogens with zero attached hydrogens (tertiary/aromatic N) is 2. The van der Waals surface area contributed by atoms with Gasteiger partial charge >= 0.3 is 0 Å². The Morgan fingerprint density at radius 2 is 0.811 bits per heavy atom. The van der Waals surface area contributed by atoms with Crippen molar-refractivity contribution in [1.29, 1.82) is 0 Å². The van der Waals surface area contributed by atoms with Gasteiger partial charge in [0.1, 0.15) is 7.14 Å². The third kappa shape index (κ3) is 5.16. The molecule has 53 heavy (non-hydrogen) atoms. The molecule has 1 atom stereocenters. The molecule has 1 aliphatic rings. The van der Waals surface area contributed by atoms with E-state index >= 15 is 0 Å². The number of fused-ring (bicyclic) bond motifs is 5. The van der Waals surface area contributed by atoms with E-state index in [0.717, 1.165) is 66.5 Å². The summed E-state index contributed by atoms with van der Waals surface area (Å²) in [6.45, 7) is 1.91. The summed E-state index contributed by atoms with van der Waals surface area (Å²) in [7, 11) is -2.73. The van der Waals surface area contributed by atoms with Crippen LogP contribution in [0.25, 0.3) is 88.8 Å². The highest BCUT2D eigenvalue weighted by Crippen LogP contribution is 2.51. The highest BCUT2D eigenvalue weighted by atomic mass is 31.2. The summed E-state index contributed by atoms with van der Waals surface area (Å²) in [5, 5.41) is 6.59. The summed E-state index contributed by atoms with van der Waals surface area (Å²) in [6.07, 6.45) is 0. The van der Waals surface area contributed by atoms with E-state index < -0.39 is 7.14 Å². The fraction of sp³-hybridized carbons (Fsp3) is 0.0204. The van der Waals surface area contributed by atoms with Crippen LogP contribution in [0.2, 0.25) is 0 Å². The van der Waals surface area contributed by atoms with Crippen molar-refractivity contribution in [2.45, 2.75) is 0 Å². The van der Waals surface area contributed by atoms with Gasteiger partial charge in [0.05, 0.1) is 11.4 Å². The van der Waals surface area contributed by atoms with Gasteiger partial charge in [-0.1, -0.05) is 170 Å². The number of hydrogen-bond donors (Lipinski definition) is 0. The highest BCUT2D eigenvalue weighted by Gasteiger charge is 2.34. The van der Waals surface area contributed by atoms with Crippen LogP contribution in [0.5, 0.6) is 0 Å². The molecule has 0 bridgehead atoms. The van der Waals surface area contributed by atoms with Crippen molar-refractivity contribution >= 4 is 39.3 Å². The van der Waals surface area contributed by atoms with Crippen LogP contribution in [-0.4, -0.2) is 16.6 Å². The minimum absolute atomic E-state index is 0.702. The van der Waals surface area contributed by atoms with Crippen LogP contribution >= 0.6 is 7.14 Å². The maximum atomic E-state index is 14.3. The van der Waals surface area contributed by atoms with Crippen molar-refractivity contribution in [2.24, 2.45) is 0 Å². The lowest BCUT2D eigenvalue weighted by molar-refractivity contribution is 0.591. The summed E-state index contributed by atoms with van der Waals surface area (Å²) < 4.78 is 14.3. The van der Waals surface area contributed by atoms with Crippen LogP contribution in [0.1, 0.15) is 0 Å². The lowest BCUT2D eigenvalue weighted by Gasteiger charge is -2.19. The van der Waals surface area contributed by atoms with Crippen molar-refractivity contribution in [2.75, 3.05) is 6.66 Å². The lowest BCUT2D eigenvalue weighted by atomic mass is 9.85. The van der Waals surface area contributed by atoms with Gasteiger partial charge in [0.15, 0.2) is 5.82 Å². The van der Waals surface area contributed by atoms with Crippen LogP contribution < -0.4 is 10.6 Å². The van der Waals surface area contributed by atoms with E-state index in [9.17, 15) is 4.57 Å². The molecule has 9 aromatic rings. The molecule has 0 N–H and O–H groups in total. The van der Waals surface area contributed by atoms with Gasteiger partial charge in [0.2, 0.25) is 0 Å². The summed E-state index contributed by atoms with van der Waals surface area (Å²) in [4.78, 5) is 10.0. The Morgan fingerprint density at radius 1 is 0.377 bits per heavy atom. The van der Waals surface area contributed by atoms with Crippen LogP contribution in [0.3, 0.4) is 0 Å². The van der Waals surface area contributed by atoms with Crippen molar-refractivity contribution < 1.29 is 4.57 Å². The van der Waals surface area contributed by atoms with Crippen molar-refractivity contribution in [3.63, 3.8) is 0 Å². The van der Waals surface area contributed by atoms with E-state index in [0.29, 0.717) is 5.82 Å². The molecule has 0 saturated heterocycles. The summed E-state index contributed by atoms with van der Waals surface area (Å²) in [5.74, 6) is 0.702. The molecule has 0 radical (unpaired) electrons. The molecular formula is C49H33N2OP. The van der Waals surface area contributed by atoms with Crippen LogP contribution in [0, 0.1) is 0 Å². The van der Waals surface area contributed by atoms with E-state index in [1.165, 1.54) is 27.1 Å². The monoisotopic (exact) mass is 696 g/mol. The molecule has 1 unspecified atom stereocenters. The number of aromatic nitrogens is 2. The summed E-state index contributed by atoms with van der Waals surface area (Å²) in [6, 6.07) is 63.4. The lowest BCUT2D eigenvalue weighted by Crippen LogP contribution is -2.08. The van der Waals surface area contributed by atoms with Gasteiger partial charge in [-0.3, -0.25) is 0 Å². The SMILES string of the molecule is CP1(=O)c2ccccc2-c2ccc(-c3c4ccccc4c(-c4ccc(-c5cc(-c6ccccc6)nc(-c6ccccc6)n5)cc4)c4ccccc34)cc21. The van der Waals surface area contributed by atoms with E-state index in [1.54, 1.807) is 0 Å². The number of hydrogen-bond acceptors (Lipinski definition) is 3. The number of benzene rings is 8. The van der Waals surface area contributed by atoms with Gasteiger partial charge in [0.25, 0.3) is 0 Å². The minimum Gasteiger partial charge on any atom is -0.314 e. The predicted octanol–water partition coefficient (Wildman–Crippen LogP) is 12.0. The second-order valence-corrected chi connectivity index (χ2v) is 16.6. The Morgan fingerprint density at radius 3 is 1.42 bits per heavy atom. The Kier molecular flexibility index (Phi) is 7.32. The second kappa shape index (κ2) is 12.4. The summed E-state index contributed by atoms with van der Waals surface area (Å²) in [5.41, 5.74) is 11.6. The second-order valence-electron chi connectivity index (χ2n) is 13.8. The minimum atomic E-state index is -2.73. The largest absolute Gasteiger partial charge is 0.314 e. The highest BCUT2D eigenvalue weighted by molar-refractivity contribution is 7.79. The molecule has 3 nitrogen and oxygen atoms in total. The Bertz CT molecular complexity index is 2800. The molecule has 0 saturated carbocycles. The van der Waals surface area contributed by atoms with Crippen LogP contribution in [0.15, 0.2) is 182 Å². The van der Waals surface area contributed by atoms with E-state index in [1.807, 2.05) is 61.3 Å². The zero-order valence-electron chi connectivity index (χ0n) is 29.1. The van der Waals surface area contributed by atoms with Crippen LogP contribution in [0.4, 0.5) is 0 Å². The summed E-state index contributed by atoms with van der Waals surface area (Å²) >= 11 is 0. The molecule has 0 amide bonds. The molecule has 1 aromatic heterocycles. The standard InChI is InChI=1S/C49H33N2OP/c1-53(52)45-23-13-12-18-37(45)38-29-28-36(30-46(38)53)48-41-21-10-8-19-39(41)47(40-20-9-11-22-42(40)48)34-26-24-33(25-27-34)44-31-43(32-14-4-2-5-15-32)50-49(51-44)35-16-6-3-7-17-35/h2-31H,1H3. The van der Waals surface area contributed by atoms with Crippen molar-refractivity contribution in [3.05, 3.63) is 182 Å². The first-order valence-corrected chi connectivity index (χ1v) is 20.1. The number of rotatable bonds is 5. The molecule has 0 fully saturated rings. The Balaban J connectivity index is 1.12. The van der Waals surface area contributed by atoms with Gasteiger partial charge < -0.3 is 4.57 Å². The smallest absolute Gasteiger partial charge is 0.160 e. The van der Waals surface area contributed by atoms with Crippen LogP contribution in [-0.2, 0) is 4.57 Å². The molecule has 250 valence electrons. The molecule has 1 aliphatic heterocycles. The zero-order chi connectivity index (χ0) is 35.5. The predicted molar refractivity (Wildman–Crippen MR) is 222 cm³/mol. The fourth-order valence-electron chi connectivity index (χ4n) is 8.10. The molecule has 2 heterocycles. The molecule has 0 spiro atoms. The van der Waals surface area contributed by atoms with Crippen molar-refractivity contribution in [3.8, 4) is 67.3 Å². The van der Waals surface area contributed by atoms with Gasteiger partial charge in [-0.25, -0.2) is 9.97 Å². The van der Waals surface area contributed by atoms with E-state index in [2.05, 4.69) is 127 Å². The average Bonchev–Trinajstić information content (AvgIpc) is 3.45. The topological polar surface area (TPSA) is 42.9 Å². The molecular weight excluding hydrogens is 664 g/mol. The van der Waals surface area contributed by atoms with E-state index in [-0.39, 0.29) is 0 Å². The average molecular weight is 697 g/mol. The first-order valence-electron chi connectivity index (χ1n) is 17.9. The third-order valence-corrected chi connectivity index (χ3v) is 13.2. The first kappa shape index (κ1) is 31.3. The normalized spacial score (nSPS) is 14.7. The first-order chi connectivity index (χ1) is 26.0. The molecule has 8 aromatic carbocycles. The molecule has 0 aliphatic carbocycles. The maximum absolute atomic E-state index is 14.3. The van der Waals surface area contributed by atoms with Crippen molar-refractivity contribution in [1.82, 2.24) is 9.97 Å². The third-order valence-electron chi connectivity index (χ3n) is 10.6. The molecule has 4 heteroatoms. The Labute approximate surface area is 308 Å². The van der Waals surface area contributed by atoms with Gasteiger partial charge in [-0.05, 0) is 73.7 Å². The van der Waals surface area contributed by atoms with E-state index in [4.69, 9.17) is 9.97 Å². The zero-order valence-corrected chi connectivity index (χ0v) is 30.0. The van der Waals surface area contributed by atoms with Gasteiger partial charge in [-0.15, -0.1) is 0 Å². The van der Waals surface area contributed by atoms with Gasteiger partial charge in [-0.2, -0.15) is 0 Å². The quantitative estimate of drug-likeness (QED) is 0.133. The maximum Gasteiger partial charge on any atom is 0.160 e. The van der Waals surface area contributed by atoms with Gasteiger partial charge in [0, 0.05) is 27.3 Å². The fourth-order valence-corrected chi connectivity index (χ4v) is 10.4.